The van der Waals surface area contributed by atoms with Gasteiger partial charge in [0.2, 0.25) is 5.91 Å². The number of aliphatic carboxylic acids is 1. The first kappa shape index (κ1) is 25.5. The zero-order valence-electron chi connectivity index (χ0n) is 18.4. The van der Waals surface area contributed by atoms with Crippen LogP contribution in [0.25, 0.3) is 10.2 Å². The number of fused-ring (bicyclic) bond motifs is 1. The second-order valence-electron chi connectivity index (χ2n) is 7.86. The monoisotopic (exact) mass is 533 g/mol. The molecule has 36 heavy (non-hydrogen) atoms. The van der Waals surface area contributed by atoms with Gasteiger partial charge in [-0.25, -0.2) is 9.97 Å². The van der Waals surface area contributed by atoms with Gasteiger partial charge in [0.05, 0.1) is 33.6 Å². The Morgan fingerprint density at radius 1 is 1.11 bits per heavy atom. The molecule has 0 spiro atoms. The number of carbonyl (C=O) groups excluding carboxylic acids is 2. The number of hydrogen-bond donors (Lipinski definition) is 2. The Labute approximate surface area is 210 Å². The lowest BCUT2D eigenvalue weighted by atomic mass is 9.92. The maximum atomic E-state index is 13.2. The number of rotatable bonds is 9. The van der Waals surface area contributed by atoms with E-state index in [2.05, 4.69) is 15.3 Å². The summed E-state index contributed by atoms with van der Waals surface area (Å²) in [5.74, 6) is -3.05. The molecule has 4 aromatic rings. The second-order valence-corrected chi connectivity index (χ2v) is 9.70. The highest BCUT2D eigenvalue weighted by Crippen LogP contribution is 2.33. The quantitative estimate of drug-likeness (QED) is 0.264. The Balaban J connectivity index is 1.54. The molecule has 12 heteroatoms. The van der Waals surface area contributed by atoms with E-state index in [1.54, 1.807) is 29.1 Å². The molecule has 2 heterocycles. The minimum absolute atomic E-state index is 0.0743. The lowest BCUT2D eigenvalue weighted by Crippen LogP contribution is -2.22. The van der Waals surface area contributed by atoms with Crippen LogP contribution in [0.4, 0.5) is 18.9 Å². The molecule has 2 aromatic carbocycles. The molecule has 0 saturated heterocycles. The van der Waals surface area contributed by atoms with E-state index in [-0.39, 0.29) is 24.2 Å². The molecule has 0 fully saturated rings. The zero-order valence-corrected chi connectivity index (χ0v) is 20.0. The number of nitrogens with one attached hydrogen (secondary N) is 1. The summed E-state index contributed by atoms with van der Waals surface area (Å²) in [6.07, 6.45) is -5.08. The first-order valence-corrected chi connectivity index (χ1v) is 12.4. The molecule has 0 aliphatic carbocycles. The summed E-state index contributed by atoms with van der Waals surface area (Å²) in [5.41, 5.74) is 2.10. The highest BCUT2D eigenvalue weighted by atomic mass is 32.1. The first-order valence-electron chi connectivity index (χ1n) is 10.6. The summed E-state index contributed by atoms with van der Waals surface area (Å²) in [6, 6.07) is 9.23. The van der Waals surface area contributed by atoms with Gasteiger partial charge in [-0.2, -0.15) is 13.2 Å². The summed E-state index contributed by atoms with van der Waals surface area (Å²) >= 11 is 2.60. The van der Waals surface area contributed by atoms with Crippen LogP contribution in [0.2, 0.25) is 0 Å². The predicted octanol–water partition coefficient (Wildman–Crippen LogP) is 5.78. The van der Waals surface area contributed by atoms with Crippen molar-refractivity contribution >= 4 is 56.2 Å². The number of carbonyl (C=O) groups is 3. The summed E-state index contributed by atoms with van der Waals surface area (Å²) in [5, 5.41) is 14.0. The van der Waals surface area contributed by atoms with Crippen LogP contribution in [0.15, 0.2) is 53.4 Å². The molecule has 186 valence electrons. The lowest BCUT2D eigenvalue weighted by Gasteiger charge is -2.18. The normalized spacial score (nSPS) is 12.4. The molecule has 1 unspecified atom stereocenters. The van der Waals surface area contributed by atoms with Crippen LogP contribution in [-0.4, -0.2) is 32.7 Å². The largest absolute Gasteiger partial charge is 0.481 e. The minimum Gasteiger partial charge on any atom is -0.481 e. The molecule has 2 N–H and O–H groups in total. The average Bonchev–Trinajstić information content (AvgIpc) is 3.48. The third-order valence-corrected chi connectivity index (χ3v) is 6.91. The fraction of sp³-hybridized carbons (Fsp3) is 0.208. The molecule has 4 rings (SSSR count). The van der Waals surface area contributed by atoms with Crippen LogP contribution in [0.3, 0.4) is 0 Å². The Bertz CT molecular complexity index is 1420. The van der Waals surface area contributed by atoms with Crippen molar-refractivity contribution < 1.29 is 32.7 Å². The molecule has 0 bridgehead atoms. The van der Waals surface area contributed by atoms with Crippen molar-refractivity contribution in [3.8, 4) is 0 Å². The van der Waals surface area contributed by atoms with Gasteiger partial charge in [-0.15, -0.1) is 22.7 Å². The molecule has 0 aliphatic heterocycles. The Kier molecular flexibility index (Phi) is 7.45. The third kappa shape index (κ3) is 6.13. The van der Waals surface area contributed by atoms with Crippen molar-refractivity contribution in [1.29, 1.82) is 0 Å². The van der Waals surface area contributed by atoms with Crippen LogP contribution in [0.1, 0.15) is 45.4 Å². The number of thiazole rings is 2. The molecule has 0 saturated carbocycles. The number of nitrogens with zero attached hydrogens (tertiary/aromatic N) is 2. The standard InChI is InChI=1S/C24H18F3N3O4S2/c25-24(26,27)14-3-1-2-13(8-14)16(5-7-22(32)33)23(34)29-15-4-6-17-20(9-15)36-21(30-17)10-19(31)18-11-35-12-28-18/h1-4,6,8-9,11-12,16H,5,7,10H2,(H,29,34)(H,32,33). The number of Topliss-reactive ketones (excluding diaryl/α,β-unsaturated/α-hetero) is 1. The summed E-state index contributed by atoms with van der Waals surface area (Å²) in [4.78, 5) is 44.9. The topological polar surface area (TPSA) is 109 Å². The van der Waals surface area contributed by atoms with Crippen LogP contribution in [0.5, 0.6) is 0 Å². The highest BCUT2D eigenvalue weighted by molar-refractivity contribution is 7.18. The summed E-state index contributed by atoms with van der Waals surface area (Å²) in [7, 11) is 0. The van der Waals surface area contributed by atoms with Gasteiger partial charge in [-0.1, -0.05) is 18.2 Å². The highest BCUT2D eigenvalue weighted by Gasteiger charge is 2.32. The Hall–Kier alpha value is -3.64. The number of halogens is 3. The van der Waals surface area contributed by atoms with Crippen LogP contribution >= 0.6 is 22.7 Å². The van der Waals surface area contributed by atoms with Gasteiger partial charge in [0.15, 0.2) is 5.78 Å². The molecule has 1 atom stereocenters. The molecule has 2 aromatic heterocycles. The van der Waals surface area contributed by atoms with Gasteiger partial charge >= 0.3 is 12.1 Å². The number of anilines is 1. The molecule has 1 amide bonds. The maximum Gasteiger partial charge on any atom is 0.416 e. The number of ketones is 1. The van der Waals surface area contributed by atoms with E-state index in [1.807, 2.05) is 0 Å². The van der Waals surface area contributed by atoms with Crippen LogP contribution in [-0.2, 0) is 22.2 Å². The van der Waals surface area contributed by atoms with E-state index in [0.29, 0.717) is 26.6 Å². The number of carboxylic acid groups (broad SMARTS) is 1. The van der Waals surface area contributed by atoms with Crippen molar-refractivity contribution in [2.24, 2.45) is 0 Å². The number of aromatic nitrogens is 2. The SMILES string of the molecule is O=C(O)CCC(C(=O)Nc1ccc2nc(CC(=O)c3cscn3)sc2c1)c1cccc(C(F)(F)F)c1. The van der Waals surface area contributed by atoms with Gasteiger partial charge in [0, 0.05) is 17.5 Å². The average molecular weight is 534 g/mol. The minimum atomic E-state index is -4.60. The molecule has 0 radical (unpaired) electrons. The van der Waals surface area contributed by atoms with E-state index in [4.69, 9.17) is 5.11 Å². The molecular weight excluding hydrogens is 515 g/mol. The van der Waals surface area contributed by atoms with Gasteiger partial charge in [-0.3, -0.25) is 14.4 Å². The van der Waals surface area contributed by atoms with E-state index in [1.165, 1.54) is 34.8 Å². The molecule has 7 nitrogen and oxygen atoms in total. The maximum absolute atomic E-state index is 13.2. The van der Waals surface area contributed by atoms with Crippen LogP contribution in [0, 0.1) is 0 Å². The van der Waals surface area contributed by atoms with E-state index >= 15 is 0 Å². The Morgan fingerprint density at radius 2 is 1.92 bits per heavy atom. The van der Waals surface area contributed by atoms with Crippen molar-refractivity contribution in [2.75, 3.05) is 5.32 Å². The van der Waals surface area contributed by atoms with Crippen molar-refractivity contribution in [1.82, 2.24) is 9.97 Å². The number of amides is 1. The Morgan fingerprint density at radius 3 is 2.61 bits per heavy atom. The lowest BCUT2D eigenvalue weighted by molar-refractivity contribution is -0.138. The third-order valence-electron chi connectivity index (χ3n) is 5.31. The fourth-order valence-corrected chi connectivity index (χ4v) is 5.14. The van der Waals surface area contributed by atoms with Gasteiger partial charge in [-0.05, 0) is 36.2 Å². The number of benzene rings is 2. The van der Waals surface area contributed by atoms with E-state index < -0.39 is 36.0 Å². The van der Waals surface area contributed by atoms with Gasteiger partial charge in [0.1, 0.15) is 10.7 Å². The fourth-order valence-electron chi connectivity index (χ4n) is 3.58. The first-order chi connectivity index (χ1) is 17.1. The predicted molar refractivity (Wildman–Crippen MR) is 129 cm³/mol. The van der Waals surface area contributed by atoms with E-state index in [0.717, 1.165) is 12.1 Å². The van der Waals surface area contributed by atoms with Crippen LogP contribution < -0.4 is 5.32 Å². The van der Waals surface area contributed by atoms with Crippen molar-refractivity contribution in [3.05, 3.63) is 75.2 Å². The number of alkyl halides is 3. The smallest absolute Gasteiger partial charge is 0.416 e. The number of carboxylic acids is 1. The zero-order chi connectivity index (χ0) is 25.9. The van der Waals surface area contributed by atoms with Crippen molar-refractivity contribution in [2.45, 2.75) is 31.4 Å². The van der Waals surface area contributed by atoms with E-state index in [9.17, 15) is 27.6 Å². The van der Waals surface area contributed by atoms with Crippen molar-refractivity contribution in [3.63, 3.8) is 0 Å². The van der Waals surface area contributed by atoms with Gasteiger partial charge in [0.25, 0.3) is 0 Å². The molecular formula is C24H18F3N3O4S2. The molecule has 0 aliphatic rings. The summed E-state index contributed by atoms with van der Waals surface area (Å²) in [6.45, 7) is 0. The number of hydrogen-bond acceptors (Lipinski definition) is 7. The summed E-state index contributed by atoms with van der Waals surface area (Å²) < 4.78 is 40.2. The van der Waals surface area contributed by atoms with Gasteiger partial charge < -0.3 is 10.4 Å². The second kappa shape index (κ2) is 10.5.